The number of aromatic nitrogens is 2. The van der Waals surface area contributed by atoms with Crippen LogP contribution < -0.4 is 4.74 Å². The fourth-order valence-corrected chi connectivity index (χ4v) is 1.31. The molecule has 2 rings (SSSR count). The first-order valence-electron chi connectivity index (χ1n) is 4.12. The van der Waals surface area contributed by atoms with Crippen molar-refractivity contribution in [3.05, 3.63) is 24.5 Å². The monoisotopic (exact) mass is 216 g/mol. The predicted molar refractivity (Wildman–Crippen MR) is 47.4 cm³/mol. The largest absolute Gasteiger partial charge is 0.573 e. The molecule has 0 fully saturated rings. The second-order valence-electron chi connectivity index (χ2n) is 3.05. The van der Waals surface area contributed by atoms with E-state index in [9.17, 15) is 13.2 Å². The Bertz CT molecular complexity index is 490. The molecule has 1 aromatic carbocycles. The number of hydrogen-bond donors (Lipinski definition) is 0. The zero-order valence-electron chi connectivity index (χ0n) is 7.75. The van der Waals surface area contributed by atoms with Gasteiger partial charge in [-0.25, -0.2) is 4.98 Å². The molecule has 0 radical (unpaired) electrons. The predicted octanol–water partition coefficient (Wildman–Crippen LogP) is 2.47. The Labute approximate surface area is 83.1 Å². The van der Waals surface area contributed by atoms with Crippen LogP contribution in [0.4, 0.5) is 13.2 Å². The van der Waals surface area contributed by atoms with Crippen LogP contribution >= 0.6 is 0 Å². The lowest BCUT2D eigenvalue weighted by Gasteiger charge is -2.08. The maximum absolute atomic E-state index is 11.9. The lowest BCUT2D eigenvalue weighted by Crippen LogP contribution is -2.16. The lowest BCUT2D eigenvalue weighted by molar-refractivity contribution is -0.274. The number of imidazole rings is 1. The van der Waals surface area contributed by atoms with Gasteiger partial charge in [-0.15, -0.1) is 13.2 Å². The van der Waals surface area contributed by atoms with Crippen molar-refractivity contribution in [1.82, 2.24) is 9.55 Å². The third-order valence-electron chi connectivity index (χ3n) is 1.93. The third-order valence-corrected chi connectivity index (χ3v) is 1.93. The van der Waals surface area contributed by atoms with Crippen LogP contribution in [0.3, 0.4) is 0 Å². The Morgan fingerprint density at radius 2 is 2.07 bits per heavy atom. The Morgan fingerprint density at radius 1 is 1.33 bits per heavy atom. The van der Waals surface area contributed by atoms with Crippen LogP contribution in [0.25, 0.3) is 11.0 Å². The van der Waals surface area contributed by atoms with Gasteiger partial charge in [0.25, 0.3) is 0 Å². The summed E-state index contributed by atoms with van der Waals surface area (Å²) in [6, 6.07) is 4.05. The van der Waals surface area contributed by atoms with Gasteiger partial charge in [-0.3, -0.25) is 0 Å². The topological polar surface area (TPSA) is 27.1 Å². The normalized spacial score (nSPS) is 12.0. The quantitative estimate of drug-likeness (QED) is 0.732. The highest BCUT2D eigenvalue weighted by atomic mass is 19.4. The van der Waals surface area contributed by atoms with E-state index in [1.165, 1.54) is 24.5 Å². The number of nitrogens with zero attached hydrogens (tertiary/aromatic N) is 2. The first-order valence-corrected chi connectivity index (χ1v) is 4.12. The molecule has 2 aromatic rings. The van der Waals surface area contributed by atoms with Gasteiger partial charge in [0.15, 0.2) is 0 Å². The van der Waals surface area contributed by atoms with Gasteiger partial charge in [0, 0.05) is 13.1 Å². The molecule has 1 aromatic heterocycles. The van der Waals surface area contributed by atoms with E-state index in [-0.39, 0.29) is 5.75 Å². The van der Waals surface area contributed by atoms with Gasteiger partial charge in [-0.05, 0) is 12.1 Å². The molecule has 0 aliphatic rings. The number of fused-ring (bicyclic) bond motifs is 1. The van der Waals surface area contributed by atoms with Crippen LogP contribution in [0.5, 0.6) is 5.75 Å². The van der Waals surface area contributed by atoms with E-state index in [4.69, 9.17) is 0 Å². The first kappa shape index (κ1) is 9.82. The third kappa shape index (κ3) is 2.03. The molecular formula is C9H7F3N2O. The Kier molecular flexibility index (Phi) is 2.06. The summed E-state index contributed by atoms with van der Waals surface area (Å²) in [6.45, 7) is 0. The summed E-state index contributed by atoms with van der Waals surface area (Å²) in [5, 5.41) is 0. The van der Waals surface area contributed by atoms with Crippen LogP contribution in [0, 0.1) is 0 Å². The molecule has 15 heavy (non-hydrogen) atoms. The molecule has 6 heteroatoms. The average molecular weight is 216 g/mol. The molecule has 80 valence electrons. The number of alkyl halides is 3. The van der Waals surface area contributed by atoms with E-state index in [0.717, 1.165) is 5.52 Å². The summed E-state index contributed by atoms with van der Waals surface area (Å²) in [7, 11) is 1.76. The Morgan fingerprint density at radius 3 is 2.73 bits per heavy atom. The smallest absolute Gasteiger partial charge is 0.406 e. The van der Waals surface area contributed by atoms with Crippen molar-refractivity contribution in [1.29, 1.82) is 0 Å². The molecule has 0 bridgehead atoms. The molecule has 0 saturated carbocycles. The molecule has 0 aliphatic heterocycles. The zero-order valence-corrected chi connectivity index (χ0v) is 7.75. The number of hydrogen-bond acceptors (Lipinski definition) is 2. The number of ether oxygens (including phenoxy) is 1. The maximum atomic E-state index is 11.9. The molecule has 0 spiro atoms. The number of halogens is 3. The van der Waals surface area contributed by atoms with Crippen LogP contribution in [-0.2, 0) is 7.05 Å². The van der Waals surface area contributed by atoms with E-state index < -0.39 is 6.36 Å². The van der Waals surface area contributed by atoms with Crippen LogP contribution in [0.1, 0.15) is 0 Å². The lowest BCUT2D eigenvalue weighted by atomic mass is 10.3. The first-order chi connectivity index (χ1) is 6.96. The highest BCUT2D eigenvalue weighted by Crippen LogP contribution is 2.25. The van der Waals surface area contributed by atoms with Crippen molar-refractivity contribution in [3.63, 3.8) is 0 Å². The summed E-state index contributed by atoms with van der Waals surface area (Å²) in [6.07, 6.45) is -3.13. The summed E-state index contributed by atoms with van der Waals surface area (Å²) in [5.74, 6) is -0.256. The van der Waals surface area contributed by atoms with E-state index in [1.807, 2.05) is 0 Å². The summed E-state index contributed by atoms with van der Waals surface area (Å²) < 4.78 is 41.2. The Hall–Kier alpha value is -1.72. The van der Waals surface area contributed by atoms with Gasteiger partial charge in [0.1, 0.15) is 5.75 Å². The van der Waals surface area contributed by atoms with Gasteiger partial charge in [-0.1, -0.05) is 0 Å². The second-order valence-corrected chi connectivity index (χ2v) is 3.05. The average Bonchev–Trinajstić information content (AvgIpc) is 2.45. The maximum Gasteiger partial charge on any atom is 0.573 e. The number of benzene rings is 1. The van der Waals surface area contributed by atoms with Crippen molar-refractivity contribution in [2.75, 3.05) is 0 Å². The van der Waals surface area contributed by atoms with Crippen LogP contribution in [0.2, 0.25) is 0 Å². The minimum absolute atomic E-state index is 0.256. The van der Waals surface area contributed by atoms with Crippen molar-refractivity contribution in [2.45, 2.75) is 6.36 Å². The van der Waals surface area contributed by atoms with Gasteiger partial charge >= 0.3 is 6.36 Å². The van der Waals surface area contributed by atoms with Crippen LogP contribution in [-0.4, -0.2) is 15.9 Å². The number of rotatable bonds is 1. The minimum atomic E-state index is -4.66. The molecule has 0 N–H and O–H groups in total. The fourth-order valence-electron chi connectivity index (χ4n) is 1.31. The zero-order chi connectivity index (χ0) is 11.1. The van der Waals surface area contributed by atoms with Gasteiger partial charge in [-0.2, -0.15) is 0 Å². The van der Waals surface area contributed by atoms with E-state index in [2.05, 4.69) is 9.72 Å². The molecule has 0 saturated heterocycles. The van der Waals surface area contributed by atoms with Crippen molar-refractivity contribution < 1.29 is 17.9 Å². The molecule has 0 aliphatic carbocycles. The van der Waals surface area contributed by atoms with Gasteiger partial charge in [0.05, 0.1) is 17.4 Å². The standard InChI is InChI=1S/C9H7F3N2O/c1-14-5-13-7-4-6(2-3-8(7)14)15-9(10,11)12/h2-5H,1H3. The molecule has 0 amide bonds. The molecule has 3 nitrogen and oxygen atoms in total. The highest BCUT2D eigenvalue weighted by molar-refractivity contribution is 5.76. The van der Waals surface area contributed by atoms with E-state index >= 15 is 0 Å². The molecular weight excluding hydrogens is 209 g/mol. The fraction of sp³-hybridized carbons (Fsp3) is 0.222. The van der Waals surface area contributed by atoms with Crippen molar-refractivity contribution >= 4 is 11.0 Å². The summed E-state index contributed by atoms with van der Waals surface area (Å²) >= 11 is 0. The van der Waals surface area contributed by atoms with E-state index in [0.29, 0.717) is 5.52 Å². The van der Waals surface area contributed by atoms with Gasteiger partial charge in [0.2, 0.25) is 0 Å². The van der Waals surface area contributed by atoms with Crippen molar-refractivity contribution in [2.24, 2.45) is 7.05 Å². The molecule has 0 unspecified atom stereocenters. The second kappa shape index (κ2) is 3.15. The number of aryl methyl sites for hydroxylation is 1. The molecule has 0 atom stereocenters. The van der Waals surface area contributed by atoms with Gasteiger partial charge < -0.3 is 9.30 Å². The Balaban J connectivity index is 2.39. The van der Waals surface area contributed by atoms with Crippen molar-refractivity contribution in [3.8, 4) is 5.75 Å². The minimum Gasteiger partial charge on any atom is -0.406 e. The molecule has 1 heterocycles. The summed E-state index contributed by atoms with van der Waals surface area (Å²) in [4.78, 5) is 3.92. The van der Waals surface area contributed by atoms with Crippen LogP contribution in [0.15, 0.2) is 24.5 Å². The SMILES string of the molecule is Cn1cnc2cc(OC(F)(F)F)ccc21. The highest BCUT2D eigenvalue weighted by Gasteiger charge is 2.31. The van der Waals surface area contributed by atoms with E-state index in [1.54, 1.807) is 11.6 Å². The summed E-state index contributed by atoms with van der Waals surface area (Å²) in [5.41, 5.74) is 1.23.